The molecule has 1 aromatic carbocycles. The molecule has 18 heavy (non-hydrogen) atoms. The predicted molar refractivity (Wildman–Crippen MR) is 65.1 cm³/mol. The van der Waals surface area contributed by atoms with Gasteiger partial charge in [-0.1, -0.05) is 0 Å². The van der Waals surface area contributed by atoms with Crippen molar-refractivity contribution in [3.63, 3.8) is 0 Å². The standard InChI is InChI=1S/C12H10BrF3N2/c13-10-4-7(6-17)9(12(14,15)16)5-11(10)18-8-2-1-3-8/h4-5,8,18H,1-3H2. The zero-order chi connectivity index (χ0) is 13.3. The van der Waals surface area contributed by atoms with Crippen LogP contribution in [0.1, 0.15) is 30.4 Å². The van der Waals surface area contributed by atoms with Crippen molar-refractivity contribution in [3.8, 4) is 6.07 Å². The first kappa shape index (κ1) is 13.2. The van der Waals surface area contributed by atoms with E-state index in [0.29, 0.717) is 10.2 Å². The molecule has 96 valence electrons. The molecule has 0 heterocycles. The highest BCUT2D eigenvalue weighted by atomic mass is 79.9. The van der Waals surface area contributed by atoms with Gasteiger partial charge < -0.3 is 5.32 Å². The van der Waals surface area contributed by atoms with Crippen LogP contribution >= 0.6 is 15.9 Å². The summed E-state index contributed by atoms with van der Waals surface area (Å²) in [5, 5.41) is 11.8. The number of halogens is 4. The zero-order valence-corrected chi connectivity index (χ0v) is 10.9. The fraction of sp³-hybridized carbons (Fsp3) is 0.417. The average Bonchev–Trinajstić information content (AvgIpc) is 2.22. The minimum absolute atomic E-state index is 0.232. The van der Waals surface area contributed by atoms with E-state index in [2.05, 4.69) is 21.2 Å². The van der Waals surface area contributed by atoms with E-state index in [4.69, 9.17) is 5.26 Å². The van der Waals surface area contributed by atoms with E-state index < -0.39 is 11.7 Å². The molecule has 0 radical (unpaired) electrons. The van der Waals surface area contributed by atoms with Crippen molar-refractivity contribution in [1.29, 1.82) is 5.26 Å². The molecule has 0 amide bonds. The number of hydrogen-bond acceptors (Lipinski definition) is 2. The Morgan fingerprint density at radius 1 is 1.33 bits per heavy atom. The zero-order valence-electron chi connectivity index (χ0n) is 9.31. The first-order valence-corrected chi connectivity index (χ1v) is 6.28. The molecular weight excluding hydrogens is 309 g/mol. The minimum Gasteiger partial charge on any atom is -0.381 e. The highest BCUT2D eigenvalue weighted by Gasteiger charge is 2.34. The Hall–Kier alpha value is -1.22. The monoisotopic (exact) mass is 318 g/mol. The van der Waals surface area contributed by atoms with Crippen LogP contribution in [-0.2, 0) is 6.18 Å². The number of hydrogen-bond donors (Lipinski definition) is 1. The topological polar surface area (TPSA) is 35.8 Å². The number of alkyl halides is 3. The van der Waals surface area contributed by atoms with Gasteiger partial charge in [0.05, 0.1) is 17.2 Å². The van der Waals surface area contributed by atoms with Crippen LogP contribution in [0, 0.1) is 11.3 Å². The number of rotatable bonds is 2. The number of nitrogens with zero attached hydrogens (tertiary/aromatic N) is 1. The third-order valence-electron chi connectivity index (χ3n) is 3.00. The van der Waals surface area contributed by atoms with Crippen molar-refractivity contribution in [2.45, 2.75) is 31.5 Å². The predicted octanol–water partition coefficient (Wildman–Crippen LogP) is 4.30. The molecule has 1 saturated carbocycles. The fourth-order valence-electron chi connectivity index (χ4n) is 1.78. The number of benzene rings is 1. The molecule has 1 N–H and O–H groups in total. The molecule has 0 unspecified atom stereocenters. The van der Waals surface area contributed by atoms with Gasteiger partial charge in [0.1, 0.15) is 0 Å². The molecular formula is C12H10BrF3N2. The molecule has 2 nitrogen and oxygen atoms in total. The van der Waals surface area contributed by atoms with E-state index in [1.165, 1.54) is 6.07 Å². The Balaban J connectivity index is 2.39. The van der Waals surface area contributed by atoms with Gasteiger partial charge in [-0.2, -0.15) is 18.4 Å². The molecule has 0 aromatic heterocycles. The lowest BCUT2D eigenvalue weighted by molar-refractivity contribution is -0.137. The summed E-state index contributed by atoms with van der Waals surface area (Å²) in [5.41, 5.74) is -0.866. The van der Waals surface area contributed by atoms with Gasteiger partial charge in [0.2, 0.25) is 0 Å². The average molecular weight is 319 g/mol. The van der Waals surface area contributed by atoms with Crippen LogP contribution < -0.4 is 5.32 Å². The summed E-state index contributed by atoms with van der Waals surface area (Å²) in [4.78, 5) is 0. The summed E-state index contributed by atoms with van der Waals surface area (Å²) in [6.45, 7) is 0. The van der Waals surface area contributed by atoms with Crippen LogP contribution in [0.4, 0.5) is 18.9 Å². The summed E-state index contributed by atoms with van der Waals surface area (Å²) >= 11 is 3.19. The van der Waals surface area contributed by atoms with Gasteiger partial charge in [-0.25, -0.2) is 0 Å². The van der Waals surface area contributed by atoms with Crippen LogP contribution in [0.25, 0.3) is 0 Å². The summed E-state index contributed by atoms with van der Waals surface area (Å²) < 4.78 is 38.8. The molecule has 0 saturated heterocycles. The number of nitriles is 1. The van der Waals surface area contributed by atoms with Crippen molar-refractivity contribution >= 4 is 21.6 Å². The van der Waals surface area contributed by atoms with Gasteiger partial charge in [-0.3, -0.25) is 0 Å². The largest absolute Gasteiger partial charge is 0.417 e. The Morgan fingerprint density at radius 2 is 2.00 bits per heavy atom. The van der Waals surface area contributed by atoms with Crippen molar-refractivity contribution in [3.05, 3.63) is 27.7 Å². The molecule has 1 fully saturated rings. The normalized spacial score (nSPS) is 15.9. The minimum atomic E-state index is -4.51. The Labute approximate surface area is 111 Å². The van der Waals surface area contributed by atoms with E-state index in [1.807, 2.05) is 0 Å². The summed E-state index contributed by atoms with van der Waals surface area (Å²) in [7, 11) is 0. The first-order valence-electron chi connectivity index (χ1n) is 5.49. The van der Waals surface area contributed by atoms with Gasteiger partial charge in [0.15, 0.2) is 0 Å². The van der Waals surface area contributed by atoms with Crippen molar-refractivity contribution in [2.75, 3.05) is 5.32 Å². The van der Waals surface area contributed by atoms with Crippen LogP contribution in [0.15, 0.2) is 16.6 Å². The lowest BCUT2D eigenvalue weighted by Crippen LogP contribution is -2.27. The maximum atomic E-state index is 12.8. The third kappa shape index (κ3) is 2.61. The van der Waals surface area contributed by atoms with Crippen LogP contribution in [0.5, 0.6) is 0 Å². The van der Waals surface area contributed by atoms with Crippen LogP contribution in [-0.4, -0.2) is 6.04 Å². The van der Waals surface area contributed by atoms with Crippen molar-refractivity contribution < 1.29 is 13.2 Å². The van der Waals surface area contributed by atoms with Crippen LogP contribution in [0.3, 0.4) is 0 Å². The van der Waals surface area contributed by atoms with Crippen LogP contribution in [0.2, 0.25) is 0 Å². The van der Waals surface area contributed by atoms with Gasteiger partial charge in [0, 0.05) is 16.2 Å². The molecule has 1 aliphatic carbocycles. The van der Waals surface area contributed by atoms with Gasteiger partial charge in [0.25, 0.3) is 0 Å². The van der Waals surface area contributed by atoms with Gasteiger partial charge in [-0.05, 0) is 47.3 Å². The lowest BCUT2D eigenvalue weighted by atomic mass is 9.93. The Morgan fingerprint density at radius 3 is 2.44 bits per heavy atom. The summed E-state index contributed by atoms with van der Waals surface area (Å²) in [5.74, 6) is 0. The second kappa shape index (κ2) is 4.81. The molecule has 0 atom stereocenters. The summed E-state index contributed by atoms with van der Waals surface area (Å²) in [6.07, 6.45) is -1.49. The summed E-state index contributed by atoms with van der Waals surface area (Å²) in [6, 6.07) is 4.02. The molecule has 0 bridgehead atoms. The Kier molecular flexibility index (Phi) is 3.53. The van der Waals surface area contributed by atoms with E-state index >= 15 is 0 Å². The van der Waals surface area contributed by atoms with Gasteiger partial charge >= 0.3 is 6.18 Å². The first-order chi connectivity index (χ1) is 8.41. The smallest absolute Gasteiger partial charge is 0.381 e. The second-order valence-electron chi connectivity index (χ2n) is 4.26. The number of nitrogens with one attached hydrogen (secondary N) is 1. The molecule has 1 aliphatic rings. The molecule has 0 aliphatic heterocycles. The van der Waals surface area contributed by atoms with E-state index in [-0.39, 0.29) is 11.6 Å². The highest BCUT2D eigenvalue weighted by Crippen LogP contribution is 2.38. The third-order valence-corrected chi connectivity index (χ3v) is 3.65. The van der Waals surface area contributed by atoms with Crippen molar-refractivity contribution in [1.82, 2.24) is 0 Å². The Bertz CT molecular complexity index is 501. The van der Waals surface area contributed by atoms with Gasteiger partial charge in [-0.15, -0.1) is 0 Å². The molecule has 2 rings (SSSR count). The van der Waals surface area contributed by atoms with E-state index in [9.17, 15) is 13.2 Å². The lowest BCUT2D eigenvalue weighted by Gasteiger charge is -2.28. The maximum absolute atomic E-state index is 12.8. The molecule has 6 heteroatoms. The number of anilines is 1. The molecule has 0 spiro atoms. The quantitative estimate of drug-likeness (QED) is 0.882. The maximum Gasteiger partial charge on any atom is 0.417 e. The van der Waals surface area contributed by atoms with E-state index in [1.54, 1.807) is 6.07 Å². The van der Waals surface area contributed by atoms with Crippen molar-refractivity contribution in [2.24, 2.45) is 0 Å². The highest BCUT2D eigenvalue weighted by molar-refractivity contribution is 9.10. The van der Waals surface area contributed by atoms with E-state index in [0.717, 1.165) is 25.3 Å². The fourth-order valence-corrected chi connectivity index (χ4v) is 2.24. The molecule has 1 aromatic rings. The SMILES string of the molecule is N#Cc1cc(Br)c(NC2CCC2)cc1C(F)(F)F. The second-order valence-corrected chi connectivity index (χ2v) is 5.11.